The maximum atomic E-state index is 10.7. The second kappa shape index (κ2) is 12.6. The Morgan fingerprint density at radius 3 is 1.55 bits per heavy atom. The van der Waals surface area contributed by atoms with E-state index >= 15 is 0 Å². The molecule has 6 bridgehead atoms. The number of ether oxygens (including phenoxy) is 2. The number of hydrogen-bond acceptors (Lipinski definition) is 8. The summed E-state index contributed by atoms with van der Waals surface area (Å²) < 4.78 is 11.8. The van der Waals surface area contributed by atoms with Crippen molar-refractivity contribution < 1.29 is 40.1 Å². The molecule has 12 heteroatoms. The van der Waals surface area contributed by atoms with Crippen LogP contribution in [0.3, 0.4) is 0 Å². The predicted molar refractivity (Wildman–Crippen MR) is 169 cm³/mol. The number of allylic oxidation sites excluding steroid dienone is 4. The first-order chi connectivity index (χ1) is 20.9. The summed E-state index contributed by atoms with van der Waals surface area (Å²) in [6.45, 7) is 0. The summed E-state index contributed by atoms with van der Waals surface area (Å²) in [7, 11) is 12.2. The molecular formula is C32H24B2Cl2O8. The van der Waals surface area contributed by atoms with Crippen molar-refractivity contribution in [2.24, 2.45) is 0 Å². The molecule has 44 heavy (non-hydrogen) atoms. The van der Waals surface area contributed by atoms with Gasteiger partial charge in [-0.2, -0.15) is 0 Å². The van der Waals surface area contributed by atoms with E-state index < -0.39 is 0 Å². The first-order valence-corrected chi connectivity index (χ1v) is 14.0. The normalized spacial score (nSPS) is 16.1. The van der Waals surface area contributed by atoms with Crippen LogP contribution in [-0.2, 0) is 25.7 Å². The highest BCUT2D eigenvalue weighted by molar-refractivity contribution is 6.35. The molecule has 2 heterocycles. The fraction of sp³-hybridized carbons (Fsp3) is 0.125. The summed E-state index contributed by atoms with van der Waals surface area (Å²) in [5.74, 6) is -1.67. The van der Waals surface area contributed by atoms with Gasteiger partial charge in [0.1, 0.15) is 44.4 Å². The molecule has 0 fully saturated rings. The molecule has 6 rings (SSSR count). The van der Waals surface area contributed by atoms with Gasteiger partial charge in [0.15, 0.2) is 23.0 Å². The Labute approximate surface area is 265 Å². The molecule has 8 nitrogen and oxygen atoms in total. The van der Waals surface area contributed by atoms with Gasteiger partial charge in [-0.25, -0.2) is 0 Å². The number of phenols is 6. The van der Waals surface area contributed by atoms with Crippen molar-refractivity contribution in [2.45, 2.75) is 25.7 Å². The zero-order valence-corrected chi connectivity index (χ0v) is 24.5. The van der Waals surface area contributed by atoms with Gasteiger partial charge in [0.05, 0.1) is 0 Å². The summed E-state index contributed by atoms with van der Waals surface area (Å²) in [5, 5.41) is 63.8. The lowest BCUT2D eigenvalue weighted by Crippen LogP contribution is -2.09. The van der Waals surface area contributed by atoms with Gasteiger partial charge in [-0.3, -0.25) is 0 Å². The Kier molecular flexibility index (Phi) is 8.85. The highest BCUT2D eigenvalue weighted by atomic mass is 35.5. The van der Waals surface area contributed by atoms with E-state index in [2.05, 4.69) is 0 Å². The minimum absolute atomic E-state index is 0.00915. The van der Waals surface area contributed by atoms with Crippen molar-refractivity contribution in [3.05, 3.63) is 93.0 Å². The number of hydrogen-bond donors (Lipinski definition) is 6. The molecule has 0 spiro atoms. The molecule has 2 aliphatic rings. The van der Waals surface area contributed by atoms with Crippen LogP contribution in [0, 0.1) is 0 Å². The molecule has 0 aromatic heterocycles. The monoisotopic (exact) mass is 628 g/mol. The lowest BCUT2D eigenvalue weighted by molar-refractivity contribution is 0.376. The van der Waals surface area contributed by atoms with Gasteiger partial charge < -0.3 is 40.1 Å². The van der Waals surface area contributed by atoms with Crippen LogP contribution in [0.25, 0.3) is 0 Å². The molecule has 0 atom stereocenters. The first kappa shape index (κ1) is 30.9. The van der Waals surface area contributed by atoms with E-state index in [-0.39, 0.29) is 99.1 Å². The highest BCUT2D eigenvalue weighted by Gasteiger charge is 2.19. The SMILES string of the molecule is [B]c1cc(O)c2cc1Oc1c(O)cc(cc1O)C/C(Cl)=C\Cc1cc(c([B])cc1O)Oc1c(O)cc(O)cc1C/C(Cl)=C\C2. The Hall–Kier alpha value is -4.53. The standard InChI is InChI=1S/C32H24B2Cl2O8/c33-22-13-24(38)16-1-3-19(35)5-15-6-26(40)32(27(41)7-15)44-30-11-17(25(39)14-23(30)34)2-4-20(36)8-18-9-21(37)12-28(42)31(18)43-29(22)10-16/h3-4,6-7,9-14,37-42H,1-2,5,8H2/b19-3+,20-4+. The van der Waals surface area contributed by atoms with Crippen molar-refractivity contribution >= 4 is 49.8 Å². The van der Waals surface area contributed by atoms with Crippen molar-refractivity contribution in [3.63, 3.8) is 0 Å². The predicted octanol–water partition coefficient (Wildman–Crippen LogP) is 5.22. The number of phenolic OH excluding ortho intramolecular Hbond substituents is 6. The third-order valence-electron chi connectivity index (χ3n) is 6.91. The zero-order valence-electron chi connectivity index (χ0n) is 23.0. The average Bonchev–Trinajstić information content (AvgIpc) is 2.93. The van der Waals surface area contributed by atoms with E-state index in [1.807, 2.05) is 0 Å². The van der Waals surface area contributed by atoms with E-state index in [0.717, 1.165) is 6.07 Å². The molecule has 6 N–H and O–H groups in total. The van der Waals surface area contributed by atoms with Crippen molar-refractivity contribution in [3.8, 4) is 57.5 Å². The Balaban J connectivity index is 1.63. The highest BCUT2D eigenvalue weighted by Crippen LogP contribution is 2.42. The van der Waals surface area contributed by atoms with Gasteiger partial charge in [-0.05, 0) is 60.9 Å². The van der Waals surface area contributed by atoms with E-state index in [1.165, 1.54) is 42.5 Å². The van der Waals surface area contributed by atoms with Crippen molar-refractivity contribution in [2.75, 3.05) is 0 Å². The zero-order chi connectivity index (χ0) is 31.7. The minimum Gasteiger partial charge on any atom is -0.508 e. The van der Waals surface area contributed by atoms with Crippen LogP contribution in [-0.4, -0.2) is 46.3 Å². The second-order valence-electron chi connectivity index (χ2n) is 10.2. The number of rotatable bonds is 0. The van der Waals surface area contributed by atoms with E-state index in [4.69, 9.17) is 48.4 Å². The Bertz CT molecular complexity index is 1820. The van der Waals surface area contributed by atoms with Gasteiger partial charge in [0.25, 0.3) is 0 Å². The molecule has 0 unspecified atom stereocenters. The fourth-order valence-corrected chi connectivity index (χ4v) is 5.16. The molecule has 0 saturated heterocycles. The van der Waals surface area contributed by atoms with Gasteiger partial charge in [-0.15, -0.1) is 0 Å². The van der Waals surface area contributed by atoms with Gasteiger partial charge in [0.2, 0.25) is 5.75 Å². The van der Waals surface area contributed by atoms with Crippen LogP contribution in [0.2, 0.25) is 0 Å². The molecule has 0 saturated carbocycles. The minimum atomic E-state index is -0.369. The van der Waals surface area contributed by atoms with Crippen LogP contribution < -0.4 is 20.4 Å². The number of aromatic hydroxyl groups is 6. The third kappa shape index (κ3) is 6.82. The maximum Gasteiger partial charge on any atom is 0.210 e. The van der Waals surface area contributed by atoms with Gasteiger partial charge in [-0.1, -0.05) is 46.3 Å². The van der Waals surface area contributed by atoms with E-state index in [9.17, 15) is 30.6 Å². The summed E-state index contributed by atoms with van der Waals surface area (Å²) in [6.07, 6.45) is 3.64. The van der Waals surface area contributed by atoms with Gasteiger partial charge in [0, 0.05) is 45.7 Å². The van der Waals surface area contributed by atoms with Crippen LogP contribution in [0.1, 0.15) is 22.3 Å². The fourth-order valence-electron chi connectivity index (χ4n) is 4.71. The maximum absolute atomic E-state index is 10.7. The Morgan fingerprint density at radius 1 is 0.523 bits per heavy atom. The smallest absolute Gasteiger partial charge is 0.210 e. The molecule has 0 amide bonds. The molecule has 220 valence electrons. The molecule has 2 aliphatic heterocycles. The Morgan fingerprint density at radius 2 is 1.00 bits per heavy atom. The largest absolute Gasteiger partial charge is 0.508 e. The van der Waals surface area contributed by atoms with Crippen molar-refractivity contribution in [1.82, 2.24) is 0 Å². The summed E-state index contributed by atoms with van der Waals surface area (Å²) >= 11 is 13.0. The third-order valence-corrected chi connectivity index (χ3v) is 7.48. The molecular weight excluding hydrogens is 605 g/mol. The van der Waals surface area contributed by atoms with E-state index in [1.54, 1.807) is 12.2 Å². The van der Waals surface area contributed by atoms with Crippen LogP contribution in [0.4, 0.5) is 0 Å². The molecule has 0 aliphatic carbocycles. The van der Waals surface area contributed by atoms with Crippen molar-refractivity contribution in [1.29, 1.82) is 0 Å². The summed E-state index contributed by atoms with van der Waals surface area (Å²) in [5.41, 5.74) is 1.69. The van der Waals surface area contributed by atoms with Crippen LogP contribution >= 0.6 is 23.2 Å². The number of fused-ring (bicyclic) bond motifs is 6. The van der Waals surface area contributed by atoms with Gasteiger partial charge >= 0.3 is 0 Å². The summed E-state index contributed by atoms with van der Waals surface area (Å²) in [4.78, 5) is 0. The number of benzene rings is 4. The number of halogens is 2. The lowest BCUT2D eigenvalue weighted by Gasteiger charge is -2.17. The van der Waals surface area contributed by atoms with Crippen LogP contribution in [0.15, 0.2) is 70.7 Å². The molecule has 4 aromatic carbocycles. The van der Waals surface area contributed by atoms with E-state index in [0.29, 0.717) is 27.3 Å². The average molecular weight is 629 g/mol. The first-order valence-electron chi connectivity index (χ1n) is 13.2. The molecule has 4 aromatic rings. The lowest BCUT2D eigenvalue weighted by atomic mass is 9.92. The quantitative estimate of drug-likeness (QED) is 0.146. The van der Waals surface area contributed by atoms with Crippen LogP contribution in [0.5, 0.6) is 57.5 Å². The topological polar surface area (TPSA) is 140 Å². The molecule has 4 radical (unpaired) electrons. The second-order valence-corrected chi connectivity index (χ2v) is 11.2. The summed E-state index contributed by atoms with van der Waals surface area (Å²) in [6, 6.07) is 10.8.